The highest BCUT2D eigenvalue weighted by Crippen LogP contribution is 2.20. The van der Waals surface area contributed by atoms with E-state index in [-0.39, 0.29) is 0 Å². The predicted molar refractivity (Wildman–Crippen MR) is 108 cm³/mol. The van der Waals surface area contributed by atoms with E-state index in [0.29, 0.717) is 30.3 Å². The van der Waals surface area contributed by atoms with Crippen molar-refractivity contribution in [3.63, 3.8) is 0 Å². The SMILES string of the molecule is C=CCOc1ccc(C(=O)Oc2ccc(OCCCCCCC)cc2)cc1. The van der Waals surface area contributed by atoms with Crippen molar-refractivity contribution >= 4 is 5.97 Å². The fraction of sp³-hybridized carbons (Fsp3) is 0.348. The van der Waals surface area contributed by atoms with Crippen LogP contribution in [-0.2, 0) is 0 Å². The molecule has 0 spiro atoms. The van der Waals surface area contributed by atoms with E-state index in [4.69, 9.17) is 14.2 Å². The molecule has 0 radical (unpaired) electrons. The van der Waals surface area contributed by atoms with Gasteiger partial charge in [0.05, 0.1) is 12.2 Å². The van der Waals surface area contributed by atoms with Gasteiger partial charge in [-0.15, -0.1) is 0 Å². The summed E-state index contributed by atoms with van der Waals surface area (Å²) in [5, 5.41) is 0. The molecule has 0 N–H and O–H groups in total. The Morgan fingerprint density at radius 3 is 2.11 bits per heavy atom. The molecule has 0 saturated carbocycles. The number of benzene rings is 2. The van der Waals surface area contributed by atoms with Crippen molar-refractivity contribution in [3.05, 3.63) is 66.7 Å². The fourth-order valence-electron chi connectivity index (χ4n) is 2.51. The lowest BCUT2D eigenvalue weighted by Crippen LogP contribution is -2.08. The van der Waals surface area contributed by atoms with Crippen molar-refractivity contribution in [3.8, 4) is 17.2 Å². The van der Waals surface area contributed by atoms with E-state index in [0.717, 1.165) is 12.2 Å². The van der Waals surface area contributed by atoms with Gasteiger partial charge < -0.3 is 14.2 Å². The summed E-state index contributed by atoms with van der Waals surface area (Å²) in [6.45, 7) is 6.94. The molecule has 0 aliphatic rings. The molecule has 144 valence electrons. The molecule has 27 heavy (non-hydrogen) atoms. The summed E-state index contributed by atoms with van der Waals surface area (Å²) in [6.07, 6.45) is 7.71. The lowest BCUT2D eigenvalue weighted by atomic mass is 10.2. The van der Waals surface area contributed by atoms with E-state index in [1.54, 1.807) is 42.5 Å². The van der Waals surface area contributed by atoms with Crippen LogP contribution >= 0.6 is 0 Å². The van der Waals surface area contributed by atoms with Gasteiger partial charge in [0.15, 0.2) is 0 Å². The van der Waals surface area contributed by atoms with Crippen LogP contribution in [-0.4, -0.2) is 19.2 Å². The molecule has 4 heteroatoms. The standard InChI is InChI=1S/C23H28O4/c1-3-5-6-7-8-18-26-21-13-15-22(16-14-21)27-23(24)19-9-11-20(12-10-19)25-17-4-2/h4,9-16H,2-3,5-8,17-18H2,1H3. The van der Waals surface area contributed by atoms with Crippen LogP contribution in [0.2, 0.25) is 0 Å². The highest BCUT2D eigenvalue weighted by molar-refractivity contribution is 5.91. The lowest BCUT2D eigenvalue weighted by molar-refractivity contribution is 0.0734. The Bertz CT molecular complexity index is 689. The minimum absolute atomic E-state index is 0.408. The molecule has 4 nitrogen and oxygen atoms in total. The van der Waals surface area contributed by atoms with Crippen LogP contribution < -0.4 is 14.2 Å². The second-order valence-electron chi connectivity index (χ2n) is 6.25. The van der Waals surface area contributed by atoms with Crippen molar-refractivity contribution in [2.45, 2.75) is 39.0 Å². The van der Waals surface area contributed by atoms with E-state index in [2.05, 4.69) is 13.5 Å². The summed E-state index contributed by atoms with van der Waals surface area (Å²) in [5.74, 6) is 1.55. The van der Waals surface area contributed by atoms with Gasteiger partial charge in [0, 0.05) is 0 Å². The summed E-state index contributed by atoms with van der Waals surface area (Å²) in [6, 6.07) is 13.9. The Balaban J connectivity index is 1.78. The minimum Gasteiger partial charge on any atom is -0.494 e. The van der Waals surface area contributed by atoms with Gasteiger partial charge in [-0.05, 0) is 55.0 Å². The molecule has 2 aromatic rings. The molecule has 0 bridgehead atoms. The van der Waals surface area contributed by atoms with Gasteiger partial charge in [0.25, 0.3) is 0 Å². The predicted octanol–water partition coefficient (Wildman–Crippen LogP) is 5.82. The normalized spacial score (nSPS) is 10.3. The van der Waals surface area contributed by atoms with Crippen LogP contribution in [0.5, 0.6) is 17.2 Å². The Morgan fingerprint density at radius 2 is 1.44 bits per heavy atom. The average Bonchev–Trinajstić information content (AvgIpc) is 2.70. The van der Waals surface area contributed by atoms with E-state index >= 15 is 0 Å². The van der Waals surface area contributed by atoms with E-state index < -0.39 is 5.97 Å². The van der Waals surface area contributed by atoms with Crippen LogP contribution in [0.25, 0.3) is 0 Å². The van der Waals surface area contributed by atoms with E-state index in [1.165, 1.54) is 25.7 Å². The number of ether oxygens (including phenoxy) is 3. The first kappa shape index (κ1) is 20.6. The zero-order valence-electron chi connectivity index (χ0n) is 16.0. The number of carbonyl (C=O) groups is 1. The topological polar surface area (TPSA) is 44.8 Å². The third-order valence-electron chi connectivity index (χ3n) is 4.01. The van der Waals surface area contributed by atoms with Gasteiger partial charge in [0.1, 0.15) is 23.9 Å². The van der Waals surface area contributed by atoms with E-state index in [1.807, 2.05) is 12.1 Å². The van der Waals surface area contributed by atoms with Crippen molar-refractivity contribution in [1.29, 1.82) is 0 Å². The Hall–Kier alpha value is -2.75. The highest BCUT2D eigenvalue weighted by Gasteiger charge is 2.09. The third kappa shape index (κ3) is 7.57. The second-order valence-corrected chi connectivity index (χ2v) is 6.25. The van der Waals surface area contributed by atoms with Gasteiger partial charge >= 0.3 is 5.97 Å². The van der Waals surface area contributed by atoms with Crippen molar-refractivity contribution < 1.29 is 19.0 Å². The quantitative estimate of drug-likeness (QED) is 0.205. The van der Waals surface area contributed by atoms with Gasteiger partial charge in [-0.3, -0.25) is 0 Å². The molecule has 0 saturated heterocycles. The largest absolute Gasteiger partial charge is 0.494 e. The first-order valence-electron chi connectivity index (χ1n) is 9.51. The maximum atomic E-state index is 12.2. The lowest BCUT2D eigenvalue weighted by Gasteiger charge is -2.08. The molecule has 0 aliphatic carbocycles. The van der Waals surface area contributed by atoms with Gasteiger partial charge in [-0.1, -0.05) is 45.3 Å². The van der Waals surface area contributed by atoms with Crippen molar-refractivity contribution in [2.24, 2.45) is 0 Å². The molecule has 0 fully saturated rings. The molecule has 0 aliphatic heterocycles. The summed E-state index contributed by atoms with van der Waals surface area (Å²) in [4.78, 5) is 12.2. The van der Waals surface area contributed by atoms with Crippen LogP contribution in [0.15, 0.2) is 61.2 Å². The van der Waals surface area contributed by atoms with Crippen LogP contribution in [0, 0.1) is 0 Å². The van der Waals surface area contributed by atoms with Gasteiger partial charge in [0.2, 0.25) is 0 Å². The maximum absolute atomic E-state index is 12.2. The van der Waals surface area contributed by atoms with Crippen LogP contribution in [0.3, 0.4) is 0 Å². The van der Waals surface area contributed by atoms with Crippen LogP contribution in [0.4, 0.5) is 0 Å². The molecule has 0 amide bonds. The molecule has 0 unspecified atom stereocenters. The average molecular weight is 368 g/mol. The zero-order valence-corrected chi connectivity index (χ0v) is 16.0. The summed E-state index contributed by atoms with van der Waals surface area (Å²) < 4.78 is 16.5. The number of hydrogen-bond donors (Lipinski definition) is 0. The molecule has 0 heterocycles. The number of rotatable bonds is 12. The number of unbranched alkanes of at least 4 members (excludes halogenated alkanes) is 4. The molecule has 0 atom stereocenters. The van der Waals surface area contributed by atoms with Crippen molar-refractivity contribution in [2.75, 3.05) is 13.2 Å². The molecule has 0 aromatic heterocycles. The van der Waals surface area contributed by atoms with Gasteiger partial charge in [-0.25, -0.2) is 4.79 Å². The first-order valence-corrected chi connectivity index (χ1v) is 9.51. The smallest absolute Gasteiger partial charge is 0.343 e. The van der Waals surface area contributed by atoms with E-state index in [9.17, 15) is 4.79 Å². The van der Waals surface area contributed by atoms with Crippen molar-refractivity contribution in [1.82, 2.24) is 0 Å². The molecule has 2 rings (SSSR count). The third-order valence-corrected chi connectivity index (χ3v) is 4.01. The maximum Gasteiger partial charge on any atom is 0.343 e. The molecular formula is C23H28O4. The minimum atomic E-state index is -0.408. The number of esters is 1. The zero-order chi connectivity index (χ0) is 19.3. The molecular weight excluding hydrogens is 340 g/mol. The fourth-order valence-corrected chi connectivity index (χ4v) is 2.51. The number of carbonyl (C=O) groups excluding carboxylic acids is 1. The van der Waals surface area contributed by atoms with Crippen LogP contribution in [0.1, 0.15) is 49.4 Å². The number of hydrogen-bond acceptors (Lipinski definition) is 4. The summed E-state index contributed by atoms with van der Waals surface area (Å²) in [5.41, 5.74) is 0.466. The monoisotopic (exact) mass is 368 g/mol. The Kier molecular flexibility index (Phi) is 8.98. The summed E-state index contributed by atoms with van der Waals surface area (Å²) in [7, 11) is 0. The second kappa shape index (κ2) is 11.8. The Labute approximate surface area is 161 Å². The van der Waals surface area contributed by atoms with Gasteiger partial charge in [-0.2, -0.15) is 0 Å². The molecule has 2 aromatic carbocycles. The Morgan fingerprint density at radius 1 is 0.852 bits per heavy atom. The first-order chi connectivity index (χ1) is 13.2. The summed E-state index contributed by atoms with van der Waals surface area (Å²) >= 11 is 0. The highest BCUT2D eigenvalue weighted by atomic mass is 16.5.